The first kappa shape index (κ1) is 18.9. The Morgan fingerprint density at radius 2 is 1.31 bits per heavy atom. The first-order chi connectivity index (χ1) is 14.1. The fourth-order valence-corrected chi connectivity index (χ4v) is 4.38. The maximum Gasteiger partial charge on any atom is 0.315 e. The molecule has 4 heteroatoms. The molecule has 1 fully saturated rings. The van der Waals surface area contributed by atoms with Gasteiger partial charge < -0.3 is 14.6 Å². The lowest BCUT2D eigenvalue weighted by Gasteiger charge is -2.51. The zero-order chi connectivity index (χ0) is 20.4. The number of carbonyl (C=O) groups excluding carboxylic acids is 2. The second-order valence-corrected chi connectivity index (χ2v) is 7.48. The molecule has 0 amide bonds. The molecule has 29 heavy (non-hydrogen) atoms. The van der Waals surface area contributed by atoms with E-state index < -0.39 is 35.6 Å². The summed E-state index contributed by atoms with van der Waals surface area (Å²) in [5.41, 5.74) is 2.59. The van der Waals surface area contributed by atoms with Crippen molar-refractivity contribution in [2.24, 2.45) is 11.8 Å². The van der Waals surface area contributed by atoms with Crippen molar-refractivity contribution in [2.45, 2.75) is 18.8 Å². The minimum absolute atomic E-state index is 0.421. The smallest absolute Gasteiger partial charge is 0.315 e. The van der Waals surface area contributed by atoms with Gasteiger partial charge in [-0.2, -0.15) is 0 Å². The van der Waals surface area contributed by atoms with E-state index in [2.05, 4.69) is 0 Å². The van der Waals surface area contributed by atoms with Gasteiger partial charge in [-0.3, -0.25) is 4.79 Å². The molecule has 0 radical (unpaired) electrons. The summed E-state index contributed by atoms with van der Waals surface area (Å²) >= 11 is 0. The van der Waals surface area contributed by atoms with Crippen LogP contribution in [0.5, 0.6) is 5.75 Å². The normalized spacial score (nSPS) is 23.1. The average molecular weight is 385 g/mol. The Labute approximate surface area is 169 Å². The number of ether oxygens (including phenoxy) is 1. The molecule has 4 nitrogen and oxygen atoms in total. The highest BCUT2D eigenvalue weighted by Gasteiger charge is 2.56. The van der Waals surface area contributed by atoms with E-state index in [1.165, 1.54) is 0 Å². The third-order valence-electron chi connectivity index (χ3n) is 5.67. The van der Waals surface area contributed by atoms with Crippen LogP contribution in [-0.2, 0) is 9.59 Å². The number of benzene rings is 3. The average Bonchev–Trinajstić information content (AvgIpc) is 2.68. The molecule has 0 N–H and O–H groups in total. The van der Waals surface area contributed by atoms with Crippen molar-refractivity contribution in [1.29, 1.82) is 0 Å². The predicted molar refractivity (Wildman–Crippen MR) is 107 cm³/mol. The molecule has 0 aliphatic heterocycles. The minimum Gasteiger partial charge on any atom is -0.550 e. The molecule has 0 spiro atoms. The van der Waals surface area contributed by atoms with Crippen LogP contribution < -0.4 is 9.84 Å². The van der Waals surface area contributed by atoms with Crippen molar-refractivity contribution < 1.29 is 19.4 Å². The lowest BCUT2D eigenvalue weighted by molar-refractivity contribution is -0.317. The monoisotopic (exact) mass is 385 g/mol. The second-order valence-electron chi connectivity index (χ2n) is 7.48. The largest absolute Gasteiger partial charge is 0.550 e. The van der Waals surface area contributed by atoms with Crippen LogP contribution in [0.25, 0.3) is 0 Å². The van der Waals surface area contributed by atoms with Crippen molar-refractivity contribution >= 4 is 11.9 Å². The van der Waals surface area contributed by atoms with Gasteiger partial charge in [-0.05, 0) is 35.7 Å². The van der Waals surface area contributed by atoms with Crippen LogP contribution in [0.2, 0.25) is 0 Å². The molecule has 1 saturated carbocycles. The van der Waals surface area contributed by atoms with Crippen molar-refractivity contribution in [1.82, 2.24) is 0 Å². The standard InChI is InChI=1S/C25H22O4/c1-16-9-8-14-19(15-16)29-25(28)23-20(17-10-4-2-5-11-17)22(24(26)27)21(23)18-12-6-3-7-13-18/h2-15,20-23H,1H3,(H,26,27)/p-1. The van der Waals surface area contributed by atoms with Crippen LogP contribution >= 0.6 is 0 Å². The number of carboxylic acid groups (broad SMARTS) is 1. The van der Waals surface area contributed by atoms with E-state index in [1.54, 1.807) is 12.1 Å². The van der Waals surface area contributed by atoms with Crippen LogP contribution in [0.1, 0.15) is 28.5 Å². The van der Waals surface area contributed by atoms with E-state index in [0.717, 1.165) is 16.7 Å². The van der Waals surface area contributed by atoms with E-state index in [0.29, 0.717) is 5.75 Å². The lowest BCUT2D eigenvalue weighted by atomic mass is 9.52. The summed E-state index contributed by atoms with van der Waals surface area (Å²) in [4.78, 5) is 25.3. The van der Waals surface area contributed by atoms with Crippen LogP contribution in [0.15, 0.2) is 84.9 Å². The molecule has 2 unspecified atom stereocenters. The van der Waals surface area contributed by atoms with Crippen LogP contribution in [0, 0.1) is 18.8 Å². The summed E-state index contributed by atoms with van der Waals surface area (Å²) in [7, 11) is 0. The highest BCUT2D eigenvalue weighted by atomic mass is 16.5. The predicted octanol–water partition coefficient (Wildman–Crippen LogP) is 3.46. The zero-order valence-corrected chi connectivity index (χ0v) is 16.0. The van der Waals surface area contributed by atoms with Gasteiger partial charge in [-0.15, -0.1) is 0 Å². The van der Waals surface area contributed by atoms with E-state index in [4.69, 9.17) is 4.74 Å². The van der Waals surface area contributed by atoms with E-state index in [1.807, 2.05) is 79.7 Å². The lowest BCUT2D eigenvalue weighted by Crippen LogP contribution is -2.55. The van der Waals surface area contributed by atoms with Crippen LogP contribution in [0.4, 0.5) is 0 Å². The Kier molecular flexibility index (Phi) is 5.17. The van der Waals surface area contributed by atoms with E-state index in [-0.39, 0.29) is 0 Å². The van der Waals surface area contributed by atoms with Crippen molar-refractivity contribution in [3.05, 3.63) is 102 Å². The Balaban J connectivity index is 1.72. The number of hydrogen-bond donors (Lipinski definition) is 0. The molecule has 0 aromatic heterocycles. The summed E-state index contributed by atoms with van der Waals surface area (Å²) in [5.74, 6) is -3.50. The molecule has 0 heterocycles. The van der Waals surface area contributed by atoms with Gasteiger partial charge in [-0.25, -0.2) is 0 Å². The third-order valence-corrected chi connectivity index (χ3v) is 5.67. The molecule has 1 aliphatic rings. The fraction of sp³-hybridized carbons (Fsp3) is 0.200. The number of rotatable bonds is 5. The van der Waals surface area contributed by atoms with Crippen molar-refractivity contribution in [2.75, 3.05) is 0 Å². The summed E-state index contributed by atoms with van der Waals surface area (Å²) in [6.07, 6.45) is 0. The molecule has 2 atom stereocenters. The molecular weight excluding hydrogens is 364 g/mol. The zero-order valence-electron chi connectivity index (χ0n) is 16.0. The molecule has 3 aromatic carbocycles. The van der Waals surface area contributed by atoms with Gasteiger partial charge in [0.15, 0.2) is 0 Å². The van der Waals surface area contributed by atoms with Crippen molar-refractivity contribution in [3.8, 4) is 5.75 Å². The maximum absolute atomic E-state index is 13.2. The number of carboxylic acids is 1. The first-order valence-corrected chi connectivity index (χ1v) is 9.65. The number of carbonyl (C=O) groups is 2. The number of hydrogen-bond acceptors (Lipinski definition) is 4. The number of esters is 1. The highest BCUT2D eigenvalue weighted by molar-refractivity contribution is 5.85. The van der Waals surface area contributed by atoms with Gasteiger partial charge in [0.05, 0.1) is 5.92 Å². The summed E-state index contributed by atoms with van der Waals surface area (Å²) < 4.78 is 5.68. The Bertz CT molecular complexity index is 966. The number of aryl methyl sites for hydroxylation is 1. The molecule has 0 bridgehead atoms. The molecule has 3 aromatic rings. The molecule has 4 rings (SSSR count). The third kappa shape index (κ3) is 3.66. The molecular formula is C25H21O4-. The minimum atomic E-state index is -1.15. The van der Waals surface area contributed by atoms with Crippen LogP contribution in [-0.4, -0.2) is 11.9 Å². The van der Waals surface area contributed by atoms with Crippen molar-refractivity contribution in [3.63, 3.8) is 0 Å². The maximum atomic E-state index is 13.2. The van der Waals surface area contributed by atoms with Crippen LogP contribution in [0.3, 0.4) is 0 Å². The number of aliphatic carboxylic acids is 1. The Hall–Kier alpha value is -3.40. The van der Waals surface area contributed by atoms with Gasteiger partial charge >= 0.3 is 5.97 Å². The van der Waals surface area contributed by atoms with Gasteiger partial charge in [0, 0.05) is 23.7 Å². The molecule has 0 saturated heterocycles. The van der Waals surface area contributed by atoms with Gasteiger partial charge in [0.2, 0.25) is 0 Å². The first-order valence-electron chi connectivity index (χ1n) is 9.65. The van der Waals surface area contributed by atoms with Gasteiger partial charge in [-0.1, -0.05) is 72.8 Å². The SMILES string of the molecule is Cc1cccc(OC(=O)C2C(c3ccccc3)C(C(=O)[O-])C2c2ccccc2)c1. The fourth-order valence-electron chi connectivity index (χ4n) is 4.38. The van der Waals surface area contributed by atoms with E-state index >= 15 is 0 Å². The molecule has 146 valence electrons. The summed E-state index contributed by atoms with van der Waals surface area (Å²) in [5, 5.41) is 12.1. The molecule has 1 aliphatic carbocycles. The Morgan fingerprint density at radius 3 is 1.79 bits per heavy atom. The van der Waals surface area contributed by atoms with Gasteiger partial charge in [0.1, 0.15) is 5.75 Å². The topological polar surface area (TPSA) is 66.4 Å². The second kappa shape index (κ2) is 7.92. The van der Waals surface area contributed by atoms with Gasteiger partial charge in [0.25, 0.3) is 0 Å². The summed E-state index contributed by atoms with van der Waals surface area (Å²) in [6, 6.07) is 25.8. The quantitative estimate of drug-likeness (QED) is 0.498. The highest BCUT2D eigenvalue weighted by Crippen LogP contribution is 2.57. The Morgan fingerprint density at radius 1 is 0.759 bits per heavy atom. The summed E-state index contributed by atoms with van der Waals surface area (Å²) in [6.45, 7) is 1.92. The van der Waals surface area contributed by atoms with E-state index in [9.17, 15) is 14.7 Å².